The van der Waals surface area contributed by atoms with Crippen molar-refractivity contribution >= 4 is 35.5 Å². The first-order valence-corrected chi connectivity index (χ1v) is 18.8. The Bertz CT molecular complexity index is 1430. The number of carbonyl (C=O) groups excluding carboxylic acids is 5. The fourth-order valence-electron chi connectivity index (χ4n) is 6.95. The van der Waals surface area contributed by atoms with E-state index in [1.807, 2.05) is 74.5 Å². The molecule has 1 aliphatic rings. The molecule has 1 aliphatic carbocycles. The van der Waals surface area contributed by atoms with Gasteiger partial charge in [-0.1, -0.05) is 126 Å². The molecule has 0 heterocycles. The lowest BCUT2D eigenvalue weighted by Crippen LogP contribution is -2.60. The summed E-state index contributed by atoms with van der Waals surface area (Å²) >= 11 is 0. The average Bonchev–Trinajstić information content (AvgIpc) is 3.13. The summed E-state index contributed by atoms with van der Waals surface area (Å²) in [6, 6.07) is 13.2. The van der Waals surface area contributed by atoms with E-state index in [1.54, 1.807) is 6.92 Å². The van der Waals surface area contributed by atoms with Crippen molar-refractivity contribution in [3.8, 4) is 0 Å². The van der Waals surface area contributed by atoms with Gasteiger partial charge in [0.15, 0.2) is 0 Å². The van der Waals surface area contributed by atoms with Crippen LogP contribution in [0, 0.1) is 5.92 Å². The van der Waals surface area contributed by atoms with Crippen molar-refractivity contribution in [2.45, 2.75) is 134 Å². The molecule has 2 aromatic carbocycles. The zero-order chi connectivity index (χ0) is 38.0. The maximum Gasteiger partial charge on any atom is 0.326 e. The topological polar surface area (TPSA) is 183 Å². The molecule has 0 unspecified atom stereocenters. The smallest absolute Gasteiger partial charge is 0.326 e. The van der Waals surface area contributed by atoms with E-state index in [4.69, 9.17) is 0 Å². The highest BCUT2D eigenvalue weighted by Gasteiger charge is 2.37. The third-order valence-corrected chi connectivity index (χ3v) is 9.66. The Hall–Kier alpha value is -4.74. The zero-order valence-electron chi connectivity index (χ0n) is 31.0. The number of rotatable bonds is 20. The van der Waals surface area contributed by atoms with Crippen LogP contribution in [0.25, 0.3) is 0 Å². The quantitative estimate of drug-likeness (QED) is 0.118. The SMILES string of the molecule is CCC[C@H](NC(=O)[C@H](CC)NC(C)=O)C(=O)N[C@H](C(=O)N[C@@H](CCC)C(=O)N[C@@H](CC1CCCCC1)C(=O)O)C(c1ccccc1)c1ccccc1. The van der Waals surface area contributed by atoms with E-state index in [0.29, 0.717) is 25.7 Å². The maximum atomic E-state index is 14.5. The largest absolute Gasteiger partial charge is 0.480 e. The summed E-state index contributed by atoms with van der Waals surface area (Å²) < 4.78 is 0. The third-order valence-electron chi connectivity index (χ3n) is 9.66. The second kappa shape index (κ2) is 21.6. The second-order valence-electron chi connectivity index (χ2n) is 13.8. The average molecular weight is 720 g/mol. The number of amides is 5. The van der Waals surface area contributed by atoms with Crippen molar-refractivity contribution in [3.63, 3.8) is 0 Å². The molecule has 3 rings (SSSR count). The highest BCUT2D eigenvalue weighted by atomic mass is 16.4. The van der Waals surface area contributed by atoms with Gasteiger partial charge in [-0.3, -0.25) is 24.0 Å². The maximum absolute atomic E-state index is 14.5. The first kappa shape index (κ1) is 41.7. The van der Waals surface area contributed by atoms with Crippen LogP contribution in [-0.4, -0.2) is 70.8 Å². The Labute approximate surface area is 307 Å². The molecule has 0 radical (unpaired) electrons. The lowest BCUT2D eigenvalue weighted by Gasteiger charge is -2.32. The second-order valence-corrected chi connectivity index (χ2v) is 13.8. The van der Waals surface area contributed by atoms with E-state index in [-0.39, 0.29) is 24.7 Å². The first-order valence-electron chi connectivity index (χ1n) is 18.8. The Morgan fingerprint density at radius 2 is 1.08 bits per heavy atom. The standard InChI is InChI=1S/C40H57N5O7/c1-5-17-31(37(48)44-33(40(51)52)25-27-19-11-8-12-20-27)43-39(50)35(34(28-21-13-9-14-22-28)29-23-15-10-16-24-29)45-38(49)32(18-6-2)42-36(47)30(7-3)41-26(4)46/h9-10,13-16,21-24,27,30-35H,5-8,11-12,17-20,25H2,1-4H3,(H,41,46)(H,42,47)(H,43,50)(H,44,48)(H,45,49)(H,51,52)/t30-,31-,32-,33-,35-/m0/s1. The molecule has 5 amide bonds. The molecule has 12 heteroatoms. The van der Waals surface area contributed by atoms with Crippen LogP contribution in [0.4, 0.5) is 0 Å². The Kier molecular flexibility index (Phi) is 17.3. The van der Waals surface area contributed by atoms with E-state index in [9.17, 15) is 33.9 Å². The van der Waals surface area contributed by atoms with E-state index in [1.165, 1.54) is 6.92 Å². The van der Waals surface area contributed by atoms with Crippen LogP contribution in [0.2, 0.25) is 0 Å². The van der Waals surface area contributed by atoms with Gasteiger partial charge < -0.3 is 31.7 Å². The fourth-order valence-corrected chi connectivity index (χ4v) is 6.95. The third kappa shape index (κ3) is 12.8. The van der Waals surface area contributed by atoms with Crippen LogP contribution in [0.15, 0.2) is 60.7 Å². The van der Waals surface area contributed by atoms with E-state index in [2.05, 4.69) is 26.6 Å². The number of nitrogens with one attached hydrogen (secondary N) is 5. The first-order chi connectivity index (χ1) is 25.0. The van der Waals surface area contributed by atoms with E-state index >= 15 is 0 Å². The number of carboxylic acids is 1. The summed E-state index contributed by atoms with van der Waals surface area (Å²) in [6.07, 6.45) is 7.23. The summed E-state index contributed by atoms with van der Waals surface area (Å²) in [5, 5.41) is 23.9. The Morgan fingerprint density at radius 1 is 0.615 bits per heavy atom. The minimum Gasteiger partial charge on any atom is -0.480 e. The summed E-state index contributed by atoms with van der Waals surface area (Å²) in [6.45, 7) is 6.79. The lowest BCUT2D eigenvalue weighted by molar-refractivity contribution is -0.143. The number of carboxylic acid groups (broad SMARTS) is 1. The Balaban J connectivity index is 1.97. The monoisotopic (exact) mass is 719 g/mol. The van der Waals surface area contributed by atoms with Gasteiger partial charge in [0.1, 0.15) is 30.2 Å². The van der Waals surface area contributed by atoms with Crippen molar-refractivity contribution in [3.05, 3.63) is 71.8 Å². The lowest BCUT2D eigenvalue weighted by atomic mass is 9.84. The van der Waals surface area contributed by atoms with Crippen molar-refractivity contribution in [2.24, 2.45) is 5.92 Å². The molecule has 1 fully saturated rings. The summed E-state index contributed by atoms with van der Waals surface area (Å²) in [5.41, 5.74) is 1.47. The van der Waals surface area contributed by atoms with Crippen molar-refractivity contribution in [1.29, 1.82) is 0 Å². The van der Waals surface area contributed by atoms with Gasteiger partial charge in [0.05, 0.1) is 0 Å². The molecule has 284 valence electrons. The van der Waals surface area contributed by atoms with Crippen molar-refractivity contribution in [1.82, 2.24) is 26.6 Å². The predicted octanol–water partition coefficient (Wildman–Crippen LogP) is 4.33. The molecule has 6 N–H and O–H groups in total. The number of aliphatic carboxylic acids is 1. The normalized spacial score (nSPS) is 16.0. The summed E-state index contributed by atoms with van der Waals surface area (Å²) in [4.78, 5) is 79.5. The number of hydrogen-bond acceptors (Lipinski definition) is 6. The number of carbonyl (C=O) groups is 6. The molecule has 5 atom stereocenters. The Morgan fingerprint density at radius 3 is 1.54 bits per heavy atom. The predicted molar refractivity (Wildman–Crippen MR) is 199 cm³/mol. The van der Waals surface area contributed by atoms with Crippen LogP contribution in [0.1, 0.15) is 115 Å². The van der Waals surface area contributed by atoms with Gasteiger partial charge in [-0.2, -0.15) is 0 Å². The zero-order valence-corrected chi connectivity index (χ0v) is 31.0. The number of hydrogen-bond donors (Lipinski definition) is 6. The van der Waals surface area contributed by atoms with Crippen molar-refractivity contribution in [2.75, 3.05) is 0 Å². The minimum absolute atomic E-state index is 0.203. The highest BCUT2D eigenvalue weighted by Crippen LogP contribution is 2.30. The molecule has 52 heavy (non-hydrogen) atoms. The minimum atomic E-state index is -1.24. The van der Waals surface area contributed by atoms with Gasteiger partial charge >= 0.3 is 5.97 Å². The highest BCUT2D eigenvalue weighted by molar-refractivity contribution is 5.96. The van der Waals surface area contributed by atoms with Gasteiger partial charge in [0.2, 0.25) is 29.5 Å². The molecule has 2 aromatic rings. The molecule has 0 saturated heterocycles. The van der Waals surface area contributed by atoms with Crippen LogP contribution in [0.5, 0.6) is 0 Å². The molecule has 0 spiro atoms. The molecule has 1 saturated carbocycles. The van der Waals surface area contributed by atoms with Crippen molar-refractivity contribution < 1.29 is 33.9 Å². The summed E-state index contributed by atoms with van der Waals surface area (Å²) in [5.74, 6) is -4.34. The fraction of sp³-hybridized carbons (Fsp3) is 0.550. The van der Waals surface area contributed by atoms with E-state index in [0.717, 1.165) is 43.2 Å². The molecule has 12 nitrogen and oxygen atoms in total. The van der Waals surface area contributed by atoms with Crippen LogP contribution in [0.3, 0.4) is 0 Å². The van der Waals surface area contributed by atoms with Gasteiger partial charge in [-0.15, -0.1) is 0 Å². The number of benzene rings is 2. The van der Waals surface area contributed by atoms with Gasteiger partial charge in [-0.05, 0) is 42.7 Å². The summed E-state index contributed by atoms with van der Waals surface area (Å²) in [7, 11) is 0. The molecule has 0 bridgehead atoms. The van der Waals surface area contributed by atoms with E-state index < -0.39 is 65.7 Å². The molecular formula is C40H57N5O7. The van der Waals surface area contributed by atoms with Gasteiger partial charge in [0, 0.05) is 12.8 Å². The molecule has 0 aliphatic heterocycles. The molecule has 0 aromatic heterocycles. The van der Waals surface area contributed by atoms with Gasteiger partial charge in [0.25, 0.3) is 0 Å². The van der Waals surface area contributed by atoms with Crippen LogP contribution in [-0.2, 0) is 28.8 Å². The molecular weight excluding hydrogens is 662 g/mol. The van der Waals surface area contributed by atoms with Crippen LogP contribution < -0.4 is 26.6 Å². The van der Waals surface area contributed by atoms with Crippen LogP contribution >= 0.6 is 0 Å². The van der Waals surface area contributed by atoms with Gasteiger partial charge in [-0.25, -0.2) is 4.79 Å².